The normalized spacial score (nSPS) is 11.6. The molecule has 0 aromatic carbocycles. The van der Waals surface area contributed by atoms with E-state index in [4.69, 9.17) is 0 Å². The van der Waals surface area contributed by atoms with Crippen LogP contribution in [0, 0.1) is 19.8 Å². The molecule has 3 aromatic heterocycles. The van der Waals surface area contributed by atoms with Crippen LogP contribution in [0.4, 0.5) is 0 Å². The second kappa shape index (κ2) is 6.90. The number of Topliss-reactive ketones (excluding diaryl/α,β-unsaturated/α-hetero) is 1. The summed E-state index contributed by atoms with van der Waals surface area (Å²) >= 11 is 0. The maximum absolute atomic E-state index is 12.8. The molecular formula is C19H25N5O2. The maximum atomic E-state index is 12.8. The van der Waals surface area contributed by atoms with Crippen molar-refractivity contribution < 1.29 is 4.79 Å². The minimum absolute atomic E-state index is 0.0227. The molecule has 3 heterocycles. The van der Waals surface area contributed by atoms with Crippen molar-refractivity contribution in [2.24, 2.45) is 13.0 Å². The van der Waals surface area contributed by atoms with E-state index in [1.165, 1.54) is 17.1 Å². The summed E-state index contributed by atoms with van der Waals surface area (Å²) in [5.74, 6) is 0.521. The first-order chi connectivity index (χ1) is 12.3. The Morgan fingerprint density at radius 3 is 2.69 bits per heavy atom. The SMILES string of the molecule is Cc1cc(C(=O)Cn2cnc3c(cnn3C)c2=O)c(C)n1CCC(C)C. The third kappa shape index (κ3) is 3.21. The molecule has 0 aliphatic heterocycles. The zero-order chi connectivity index (χ0) is 19.0. The number of rotatable bonds is 6. The first kappa shape index (κ1) is 18.1. The van der Waals surface area contributed by atoms with Gasteiger partial charge in [0.2, 0.25) is 0 Å². The highest BCUT2D eigenvalue weighted by atomic mass is 16.1. The molecule has 0 aliphatic carbocycles. The van der Waals surface area contributed by atoms with Crippen LogP contribution in [0.15, 0.2) is 23.4 Å². The molecule has 7 heteroatoms. The summed E-state index contributed by atoms with van der Waals surface area (Å²) in [5.41, 5.74) is 2.97. The molecule has 0 aliphatic rings. The lowest BCUT2D eigenvalue weighted by Crippen LogP contribution is -2.24. The van der Waals surface area contributed by atoms with Crippen molar-refractivity contribution >= 4 is 16.8 Å². The van der Waals surface area contributed by atoms with Gasteiger partial charge in [0, 0.05) is 30.5 Å². The summed E-state index contributed by atoms with van der Waals surface area (Å²) in [7, 11) is 1.73. The van der Waals surface area contributed by atoms with Crippen LogP contribution in [0.5, 0.6) is 0 Å². The maximum Gasteiger partial charge on any atom is 0.264 e. The summed E-state index contributed by atoms with van der Waals surface area (Å²) in [6, 6.07) is 1.92. The molecule has 0 amide bonds. The van der Waals surface area contributed by atoms with Crippen molar-refractivity contribution in [2.75, 3.05) is 0 Å². The van der Waals surface area contributed by atoms with Gasteiger partial charge in [-0.1, -0.05) is 13.8 Å². The molecule has 0 unspecified atom stereocenters. The van der Waals surface area contributed by atoms with Crippen molar-refractivity contribution in [3.8, 4) is 0 Å². The van der Waals surface area contributed by atoms with E-state index in [1.807, 2.05) is 19.9 Å². The number of hydrogen-bond donors (Lipinski definition) is 0. The van der Waals surface area contributed by atoms with Crippen LogP contribution in [-0.2, 0) is 20.1 Å². The highest BCUT2D eigenvalue weighted by Gasteiger charge is 2.18. The fourth-order valence-electron chi connectivity index (χ4n) is 3.23. The van der Waals surface area contributed by atoms with Crippen LogP contribution in [0.2, 0.25) is 0 Å². The molecule has 7 nitrogen and oxygen atoms in total. The standard InChI is InChI=1S/C19H25N5O2/c1-12(2)6-7-24-13(3)8-15(14(24)4)17(25)10-23-11-20-18-16(19(23)26)9-21-22(18)5/h8-9,11-12H,6-7,10H2,1-5H3. The Morgan fingerprint density at radius 2 is 2.00 bits per heavy atom. The van der Waals surface area contributed by atoms with E-state index in [0.717, 1.165) is 24.4 Å². The molecule has 0 bridgehead atoms. The average molecular weight is 355 g/mol. The van der Waals surface area contributed by atoms with Crippen LogP contribution in [0.3, 0.4) is 0 Å². The third-order valence-corrected chi connectivity index (χ3v) is 4.84. The van der Waals surface area contributed by atoms with Gasteiger partial charge in [0.15, 0.2) is 11.4 Å². The number of ketones is 1. The van der Waals surface area contributed by atoms with E-state index in [0.29, 0.717) is 22.5 Å². The van der Waals surface area contributed by atoms with Gasteiger partial charge < -0.3 is 4.57 Å². The van der Waals surface area contributed by atoms with E-state index in [-0.39, 0.29) is 17.9 Å². The molecule has 3 rings (SSSR count). The topological polar surface area (TPSA) is 74.7 Å². The minimum Gasteiger partial charge on any atom is -0.348 e. The largest absolute Gasteiger partial charge is 0.348 e. The molecule has 138 valence electrons. The lowest BCUT2D eigenvalue weighted by atomic mass is 10.1. The second-order valence-corrected chi connectivity index (χ2v) is 7.23. The highest BCUT2D eigenvalue weighted by molar-refractivity contribution is 5.97. The number of carbonyl (C=O) groups is 1. The Labute approximate surface area is 152 Å². The number of aryl methyl sites for hydroxylation is 2. The van der Waals surface area contributed by atoms with Gasteiger partial charge in [0.1, 0.15) is 11.7 Å². The Kier molecular flexibility index (Phi) is 4.80. The van der Waals surface area contributed by atoms with Crippen LogP contribution in [-0.4, -0.2) is 29.7 Å². The van der Waals surface area contributed by atoms with E-state index < -0.39 is 0 Å². The molecule has 0 radical (unpaired) electrons. The Hall–Kier alpha value is -2.70. The lowest BCUT2D eigenvalue weighted by Gasteiger charge is -2.11. The zero-order valence-electron chi connectivity index (χ0n) is 16.0. The summed E-state index contributed by atoms with van der Waals surface area (Å²) in [4.78, 5) is 29.6. The summed E-state index contributed by atoms with van der Waals surface area (Å²) < 4.78 is 5.08. The molecule has 0 fully saturated rings. The van der Waals surface area contributed by atoms with Gasteiger partial charge in [-0.05, 0) is 32.3 Å². The number of carbonyl (C=O) groups excluding carboxylic acids is 1. The molecule has 0 saturated carbocycles. The van der Waals surface area contributed by atoms with Crippen LogP contribution in [0.1, 0.15) is 42.0 Å². The fraction of sp³-hybridized carbons (Fsp3) is 0.474. The van der Waals surface area contributed by atoms with E-state index in [9.17, 15) is 9.59 Å². The van der Waals surface area contributed by atoms with Crippen molar-refractivity contribution in [3.05, 3.63) is 45.9 Å². The molecule has 0 spiro atoms. The number of aromatic nitrogens is 5. The molecule has 0 saturated heterocycles. The quantitative estimate of drug-likeness (QED) is 0.637. The van der Waals surface area contributed by atoms with Gasteiger partial charge in [-0.15, -0.1) is 0 Å². The monoisotopic (exact) mass is 355 g/mol. The highest BCUT2D eigenvalue weighted by Crippen LogP contribution is 2.18. The van der Waals surface area contributed by atoms with Gasteiger partial charge >= 0.3 is 0 Å². The van der Waals surface area contributed by atoms with Gasteiger partial charge in [-0.25, -0.2) is 4.98 Å². The second-order valence-electron chi connectivity index (χ2n) is 7.23. The van der Waals surface area contributed by atoms with Crippen molar-refractivity contribution in [3.63, 3.8) is 0 Å². The first-order valence-electron chi connectivity index (χ1n) is 8.86. The fourth-order valence-corrected chi connectivity index (χ4v) is 3.23. The van der Waals surface area contributed by atoms with Crippen molar-refractivity contribution in [2.45, 2.75) is 47.2 Å². The summed E-state index contributed by atoms with van der Waals surface area (Å²) in [6.45, 7) is 9.23. The molecule has 3 aromatic rings. The van der Waals surface area contributed by atoms with E-state index in [1.54, 1.807) is 11.7 Å². The van der Waals surface area contributed by atoms with Crippen molar-refractivity contribution in [1.29, 1.82) is 0 Å². The minimum atomic E-state index is -0.245. The molecular weight excluding hydrogens is 330 g/mol. The van der Waals surface area contributed by atoms with Gasteiger partial charge in [-0.2, -0.15) is 5.10 Å². The molecule has 26 heavy (non-hydrogen) atoms. The first-order valence-corrected chi connectivity index (χ1v) is 8.86. The van der Waals surface area contributed by atoms with Crippen molar-refractivity contribution in [1.82, 2.24) is 23.9 Å². The van der Waals surface area contributed by atoms with Crippen LogP contribution < -0.4 is 5.56 Å². The molecule has 0 N–H and O–H groups in total. The smallest absolute Gasteiger partial charge is 0.264 e. The Bertz CT molecular complexity index is 1020. The van der Waals surface area contributed by atoms with Gasteiger partial charge in [-0.3, -0.25) is 18.8 Å². The predicted molar refractivity (Wildman–Crippen MR) is 100 cm³/mol. The van der Waals surface area contributed by atoms with E-state index >= 15 is 0 Å². The molecule has 0 atom stereocenters. The van der Waals surface area contributed by atoms with Crippen LogP contribution in [0.25, 0.3) is 11.0 Å². The third-order valence-electron chi connectivity index (χ3n) is 4.84. The predicted octanol–water partition coefficient (Wildman–Crippen LogP) is 2.48. The Morgan fingerprint density at radius 1 is 1.27 bits per heavy atom. The summed E-state index contributed by atoms with van der Waals surface area (Å²) in [6.07, 6.45) is 3.97. The zero-order valence-corrected chi connectivity index (χ0v) is 16.0. The number of fused-ring (bicyclic) bond motifs is 1. The Balaban J connectivity index is 1.88. The number of nitrogens with zero attached hydrogens (tertiary/aromatic N) is 5. The number of hydrogen-bond acceptors (Lipinski definition) is 4. The summed E-state index contributed by atoms with van der Waals surface area (Å²) in [5, 5.41) is 4.47. The van der Waals surface area contributed by atoms with Gasteiger partial charge in [0.25, 0.3) is 5.56 Å². The van der Waals surface area contributed by atoms with E-state index in [2.05, 4.69) is 28.5 Å². The lowest BCUT2D eigenvalue weighted by molar-refractivity contribution is 0.0970. The van der Waals surface area contributed by atoms with Crippen LogP contribution >= 0.6 is 0 Å². The van der Waals surface area contributed by atoms with Gasteiger partial charge in [0.05, 0.1) is 12.7 Å². The average Bonchev–Trinajstić information content (AvgIpc) is 3.09.